The summed E-state index contributed by atoms with van der Waals surface area (Å²) in [5, 5.41) is 9.09. The highest BCUT2D eigenvalue weighted by molar-refractivity contribution is 8.00. The third kappa shape index (κ3) is 6.55. The summed E-state index contributed by atoms with van der Waals surface area (Å²) in [7, 11) is 0. The lowest BCUT2D eigenvalue weighted by Crippen LogP contribution is -2.27. The van der Waals surface area contributed by atoms with Gasteiger partial charge in [0.2, 0.25) is 11.8 Å². The van der Waals surface area contributed by atoms with Gasteiger partial charge in [-0.15, -0.1) is 11.8 Å². The maximum atomic E-state index is 11.6. The topological polar surface area (TPSA) is 102 Å². The van der Waals surface area contributed by atoms with Gasteiger partial charge in [0.15, 0.2) is 5.82 Å². The molecule has 2 rings (SSSR count). The molecule has 8 nitrogen and oxygen atoms in total. The molecule has 0 aliphatic heterocycles. The molecule has 0 atom stereocenters. The predicted molar refractivity (Wildman–Crippen MR) is 87.0 cm³/mol. The molecule has 2 aromatic heterocycles. The lowest BCUT2D eigenvalue weighted by Gasteiger charge is -2.05. The van der Waals surface area contributed by atoms with Gasteiger partial charge < -0.3 is 19.7 Å². The number of nitrogens with zero attached hydrogens (tertiary/aromatic N) is 3. The van der Waals surface area contributed by atoms with Gasteiger partial charge in [-0.3, -0.25) is 9.59 Å². The summed E-state index contributed by atoms with van der Waals surface area (Å²) in [4.78, 5) is 27.2. The summed E-state index contributed by atoms with van der Waals surface area (Å²) in [6.45, 7) is 3.16. The molecule has 0 fully saturated rings. The summed E-state index contributed by atoms with van der Waals surface area (Å²) in [6, 6.07) is 1.63. The van der Waals surface area contributed by atoms with Crippen molar-refractivity contribution in [3.8, 4) is 0 Å². The van der Waals surface area contributed by atoms with Crippen LogP contribution in [0.25, 0.3) is 0 Å². The van der Waals surface area contributed by atoms with Gasteiger partial charge in [-0.2, -0.15) is 0 Å². The second-order valence-corrected chi connectivity index (χ2v) is 5.85. The van der Waals surface area contributed by atoms with Crippen molar-refractivity contribution in [2.45, 2.75) is 19.9 Å². The van der Waals surface area contributed by atoms with Crippen LogP contribution < -0.4 is 10.6 Å². The Kier molecular flexibility index (Phi) is 6.67. The Balaban J connectivity index is 1.51. The zero-order valence-corrected chi connectivity index (χ0v) is 13.6. The molecule has 0 saturated heterocycles. The van der Waals surface area contributed by atoms with Crippen LogP contribution in [-0.2, 0) is 16.1 Å². The van der Waals surface area contributed by atoms with Crippen molar-refractivity contribution in [3.63, 3.8) is 0 Å². The lowest BCUT2D eigenvalue weighted by molar-refractivity contribution is -0.118. The first-order valence-corrected chi connectivity index (χ1v) is 8.32. The van der Waals surface area contributed by atoms with E-state index in [2.05, 4.69) is 20.8 Å². The summed E-state index contributed by atoms with van der Waals surface area (Å²) in [5.74, 6) is 1.16. The molecular formula is C14H19N5O3S. The van der Waals surface area contributed by atoms with Crippen molar-refractivity contribution < 1.29 is 14.1 Å². The van der Waals surface area contributed by atoms with E-state index in [1.807, 2.05) is 10.8 Å². The number of anilines is 1. The normalized spacial score (nSPS) is 10.5. The fourth-order valence-electron chi connectivity index (χ4n) is 1.80. The molecule has 23 heavy (non-hydrogen) atoms. The minimum atomic E-state index is -0.212. The number of nitrogens with one attached hydrogen (secondary N) is 2. The van der Waals surface area contributed by atoms with Crippen molar-refractivity contribution in [3.05, 3.63) is 30.5 Å². The third-order valence-electron chi connectivity index (χ3n) is 2.84. The minimum absolute atomic E-state index is 0.0780. The van der Waals surface area contributed by atoms with E-state index in [0.29, 0.717) is 18.1 Å². The number of hydrogen-bond donors (Lipinski definition) is 2. The van der Waals surface area contributed by atoms with Crippen molar-refractivity contribution in [1.82, 2.24) is 20.0 Å². The quantitative estimate of drug-likeness (QED) is 0.663. The van der Waals surface area contributed by atoms with Gasteiger partial charge in [-0.1, -0.05) is 5.16 Å². The number of carbonyl (C=O) groups excluding carboxylic acids is 2. The van der Waals surface area contributed by atoms with Crippen LogP contribution in [0.4, 0.5) is 5.82 Å². The number of amides is 2. The predicted octanol–water partition coefficient (Wildman–Crippen LogP) is 1.06. The number of aromatic nitrogens is 3. The van der Waals surface area contributed by atoms with Gasteiger partial charge in [-0.25, -0.2) is 4.98 Å². The first-order chi connectivity index (χ1) is 11.1. The maximum Gasteiger partial charge on any atom is 0.235 e. The number of hydrogen-bond acceptors (Lipinski definition) is 6. The van der Waals surface area contributed by atoms with E-state index in [9.17, 15) is 9.59 Å². The molecule has 0 saturated carbocycles. The second-order valence-electron chi connectivity index (χ2n) is 4.87. The van der Waals surface area contributed by atoms with E-state index in [-0.39, 0.29) is 23.3 Å². The van der Waals surface area contributed by atoms with E-state index in [4.69, 9.17) is 4.52 Å². The van der Waals surface area contributed by atoms with Crippen LogP contribution in [-0.4, -0.2) is 44.6 Å². The molecule has 124 valence electrons. The van der Waals surface area contributed by atoms with Gasteiger partial charge in [0, 0.05) is 31.5 Å². The Morgan fingerprint density at radius 2 is 2.17 bits per heavy atom. The zero-order chi connectivity index (χ0) is 16.5. The highest BCUT2D eigenvalue weighted by Gasteiger charge is 2.08. The molecule has 2 heterocycles. The lowest BCUT2D eigenvalue weighted by atomic mass is 10.4. The minimum Gasteiger partial charge on any atom is -0.360 e. The summed E-state index contributed by atoms with van der Waals surface area (Å²) < 4.78 is 6.80. The fourth-order valence-corrected chi connectivity index (χ4v) is 2.45. The second kappa shape index (κ2) is 8.99. The molecule has 2 N–H and O–H groups in total. The summed E-state index contributed by atoms with van der Waals surface area (Å²) >= 11 is 1.25. The SMILES string of the molecule is Cc1cc(NC(=O)CSCC(=O)NCCCn2ccnc2)no1. The smallest absolute Gasteiger partial charge is 0.235 e. The van der Waals surface area contributed by atoms with E-state index >= 15 is 0 Å². The van der Waals surface area contributed by atoms with E-state index < -0.39 is 0 Å². The molecule has 2 amide bonds. The number of imidazole rings is 1. The summed E-state index contributed by atoms with van der Waals surface area (Å²) in [6.07, 6.45) is 6.18. The van der Waals surface area contributed by atoms with Crippen LogP contribution in [0.2, 0.25) is 0 Å². The Labute approximate surface area is 138 Å². The van der Waals surface area contributed by atoms with Crippen LogP contribution in [0.5, 0.6) is 0 Å². The molecule has 0 aromatic carbocycles. The molecule has 0 radical (unpaired) electrons. The largest absolute Gasteiger partial charge is 0.360 e. The standard InChI is InChI=1S/C14H19N5O3S/c1-11-7-12(18-22-11)17-14(21)9-23-8-13(20)16-3-2-5-19-6-4-15-10-19/h4,6-7,10H,2-3,5,8-9H2,1H3,(H,16,20)(H,17,18,21). The van der Waals surface area contributed by atoms with Gasteiger partial charge in [-0.05, 0) is 13.3 Å². The van der Waals surface area contributed by atoms with Crippen LogP contribution >= 0.6 is 11.8 Å². The number of aryl methyl sites for hydroxylation is 2. The molecule has 0 aliphatic rings. The van der Waals surface area contributed by atoms with E-state index in [1.54, 1.807) is 25.5 Å². The third-order valence-corrected chi connectivity index (χ3v) is 3.77. The average molecular weight is 337 g/mol. The Bertz CT molecular complexity index is 626. The van der Waals surface area contributed by atoms with E-state index in [1.165, 1.54) is 11.8 Å². The fraction of sp³-hybridized carbons (Fsp3) is 0.429. The molecule has 2 aromatic rings. The molecule has 0 unspecified atom stereocenters. The molecular weight excluding hydrogens is 318 g/mol. The van der Waals surface area contributed by atoms with Crippen LogP contribution in [0, 0.1) is 6.92 Å². The van der Waals surface area contributed by atoms with Gasteiger partial charge in [0.05, 0.1) is 17.8 Å². The van der Waals surface area contributed by atoms with Gasteiger partial charge >= 0.3 is 0 Å². The van der Waals surface area contributed by atoms with Crippen molar-refractivity contribution in [1.29, 1.82) is 0 Å². The average Bonchev–Trinajstić information content (AvgIpc) is 3.15. The molecule has 0 spiro atoms. The highest BCUT2D eigenvalue weighted by atomic mass is 32.2. The Morgan fingerprint density at radius 3 is 2.87 bits per heavy atom. The van der Waals surface area contributed by atoms with Crippen LogP contribution in [0.15, 0.2) is 29.3 Å². The molecule has 0 bridgehead atoms. The first-order valence-electron chi connectivity index (χ1n) is 7.17. The molecule has 0 aliphatic carbocycles. The maximum absolute atomic E-state index is 11.6. The first kappa shape index (κ1) is 17.1. The van der Waals surface area contributed by atoms with E-state index in [0.717, 1.165) is 13.0 Å². The van der Waals surface area contributed by atoms with Crippen molar-refractivity contribution in [2.24, 2.45) is 0 Å². The zero-order valence-electron chi connectivity index (χ0n) is 12.8. The highest BCUT2D eigenvalue weighted by Crippen LogP contribution is 2.08. The number of carbonyl (C=O) groups is 2. The monoisotopic (exact) mass is 337 g/mol. The van der Waals surface area contributed by atoms with Crippen molar-refractivity contribution in [2.75, 3.05) is 23.4 Å². The van der Waals surface area contributed by atoms with Gasteiger partial charge in [0.25, 0.3) is 0 Å². The van der Waals surface area contributed by atoms with Crippen LogP contribution in [0.3, 0.4) is 0 Å². The Morgan fingerprint density at radius 1 is 1.35 bits per heavy atom. The molecule has 9 heteroatoms. The van der Waals surface area contributed by atoms with Gasteiger partial charge in [0.1, 0.15) is 5.76 Å². The summed E-state index contributed by atoms with van der Waals surface area (Å²) in [5.41, 5.74) is 0. The van der Waals surface area contributed by atoms with Crippen molar-refractivity contribution >= 4 is 29.4 Å². The number of rotatable bonds is 9. The number of thioether (sulfide) groups is 1. The van der Waals surface area contributed by atoms with Crippen LogP contribution in [0.1, 0.15) is 12.2 Å². The Hall–Kier alpha value is -2.29.